The van der Waals surface area contributed by atoms with E-state index in [2.05, 4.69) is 27.8 Å². The van der Waals surface area contributed by atoms with Gasteiger partial charge in [-0.1, -0.05) is 12.3 Å². The predicted octanol–water partition coefficient (Wildman–Crippen LogP) is 1.98. The van der Waals surface area contributed by atoms with Crippen molar-refractivity contribution in [3.8, 4) is 12.3 Å². The van der Waals surface area contributed by atoms with Gasteiger partial charge >= 0.3 is 0 Å². The van der Waals surface area contributed by atoms with E-state index < -0.39 is 10.0 Å². The molecule has 0 spiro atoms. The highest BCUT2D eigenvalue weighted by Crippen LogP contribution is 2.16. The van der Waals surface area contributed by atoms with E-state index in [1.807, 2.05) is 0 Å². The Bertz CT molecular complexity index is 754. The Morgan fingerprint density at radius 3 is 2.67 bits per heavy atom. The third kappa shape index (κ3) is 6.65. The van der Waals surface area contributed by atoms with Crippen molar-refractivity contribution < 1.29 is 13.2 Å². The number of carbonyl (C=O) groups is 1. The predicted molar refractivity (Wildman–Crippen MR) is 107 cm³/mol. The standard InChI is InChI=1S/C20H29N3O3S/c1-3-13-22-27(25,26)19-11-9-18(10-12-19)20(24)21-14-5-7-16-23-15-6-4-8-17(23)2/h1,9-12,17,22H,4-8,13-16H2,2H3,(H,21,24). The molecule has 1 heterocycles. The maximum absolute atomic E-state index is 12.2. The first-order valence-corrected chi connectivity index (χ1v) is 11.0. The number of unbranched alkanes of at least 4 members (excludes halogenated alkanes) is 1. The summed E-state index contributed by atoms with van der Waals surface area (Å²) in [7, 11) is -3.63. The molecule has 6 nitrogen and oxygen atoms in total. The molecule has 1 aromatic carbocycles. The monoisotopic (exact) mass is 391 g/mol. The summed E-state index contributed by atoms with van der Waals surface area (Å²) in [6, 6.07) is 6.50. The van der Waals surface area contributed by atoms with E-state index in [0.29, 0.717) is 18.2 Å². The Kier molecular flexibility index (Phi) is 8.29. The van der Waals surface area contributed by atoms with Gasteiger partial charge in [-0.05, 0) is 70.0 Å². The summed E-state index contributed by atoms with van der Waals surface area (Å²) in [5.41, 5.74) is 0.440. The molecule has 27 heavy (non-hydrogen) atoms. The summed E-state index contributed by atoms with van der Waals surface area (Å²) in [5.74, 6) is 2.03. The quantitative estimate of drug-likeness (QED) is 0.498. The molecule has 1 fully saturated rings. The van der Waals surface area contributed by atoms with Gasteiger partial charge in [-0.25, -0.2) is 8.42 Å². The summed E-state index contributed by atoms with van der Waals surface area (Å²) in [5, 5.41) is 2.89. The van der Waals surface area contributed by atoms with Gasteiger partial charge in [-0.15, -0.1) is 6.42 Å². The van der Waals surface area contributed by atoms with Crippen LogP contribution >= 0.6 is 0 Å². The van der Waals surface area contributed by atoms with E-state index in [-0.39, 0.29) is 17.3 Å². The van der Waals surface area contributed by atoms with Crippen molar-refractivity contribution in [2.75, 3.05) is 26.2 Å². The highest BCUT2D eigenvalue weighted by molar-refractivity contribution is 7.89. The molecule has 1 atom stereocenters. The average Bonchev–Trinajstić information content (AvgIpc) is 2.67. The third-order valence-electron chi connectivity index (χ3n) is 4.89. The zero-order valence-electron chi connectivity index (χ0n) is 15.9. The Morgan fingerprint density at radius 2 is 2.00 bits per heavy atom. The Balaban J connectivity index is 1.73. The number of terminal acetylenes is 1. The molecule has 148 valence electrons. The topological polar surface area (TPSA) is 78.5 Å². The van der Waals surface area contributed by atoms with E-state index in [1.54, 1.807) is 0 Å². The Labute approximate surface area is 162 Å². The Hall–Kier alpha value is -1.88. The van der Waals surface area contributed by atoms with Crippen LogP contribution in [0.1, 0.15) is 49.4 Å². The van der Waals surface area contributed by atoms with Crippen LogP contribution < -0.4 is 10.0 Å². The molecule has 0 aliphatic carbocycles. The minimum absolute atomic E-state index is 0.0687. The highest BCUT2D eigenvalue weighted by Gasteiger charge is 2.17. The minimum atomic E-state index is -3.63. The van der Waals surface area contributed by atoms with Gasteiger partial charge in [0.2, 0.25) is 10.0 Å². The van der Waals surface area contributed by atoms with Crippen LogP contribution in [0.5, 0.6) is 0 Å². The number of amides is 1. The number of likely N-dealkylation sites (tertiary alicyclic amines) is 1. The molecular formula is C20H29N3O3S. The second kappa shape index (κ2) is 10.5. The molecule has 1 unspecified atom stereocenters. The molecule has 7 heteroatoms. The van der Waals surface area contributed by atoms with Gasteiger partial charge < -0.3 is 10.2 Å². The van der Waals surface area contributed by atoms with Gasteiger partial charge in [0.05, 0.1) is 11.4 Å². The first kappa shape index (κ1) is 21.4. The number of hydrogen-bond acceptors (Lipinski definition) is 4. The number of hydrogen-bond donors (Lipinski definition) is 2. The lowest BCUT2D eigenvalue weighted by atomic mass is 10.0. The summed E-state index contributed by atoms with van der Waals surface area (Å²) in [6.45, 7) is 5.09. The number of carbonyl (C=O) groups excluding carboxylic acids is 1. The molecule has 2 N–H and O–H groups in total. The Morgan fingerprint density at radius 1 is 1.26 bits per heavy atom. The molecular weight excluding hydrogens is 362 g/mol. The van der Waals surface area contributed by atoms with Crippen molar-refractivity contribution in [3.05, 3.63) is 29.8 Å². The van der Waals surface area contributed by atoms with Crippen molar-refractivity contribution in [2.24, 2.45) is 0 Å². The molecule has 0 radical (unpaired) electrons. The van der Waals surface area contributed by atoms with E-state index >= 15 is 0 Å². The molecule has 1 aromatic rings. The number of sulfonamides is 1. The number of rotatable bonds is 9. The van der Waals surface area contributed by atoms with E-state index in [9.17, 15) is 13.2 Å². The third-order valence-corrected chi connectivity index (χ3v) is 6.31. The van der Waals surface area contributed by atoms with Gasteiger partial charge in [0.1, 0.15) is 0 Å². The fraction of sp³-hybridized carbons (Fsp3) is 0.550. The van der Waals surface area contributed by atoms with Crippen LogP contribution in [-0.2, 0) is 10.0 Å². The lowest BCUT2D eigenvalue weighted by Gasteiger charge is -2.33. The van der Waals surface area contributed by atoms with Gasteiger partial charge in [-0.3, -0.25) is 4.79 Å². The van der Waals surface area contributed by atoms with Crippen LogP contribution in [0.15, 0.2) is 29.2 Å². The highest BCUT2D eigenvalue weighted by atomic mass is 32.2. The zero-order valence-corrected chi connectivity index (χ0v) is 16.7. The van der Waals surface area contributed by atoms with Gasteiger partial charge in [0.15, 0.2) is 0 Å². The van der Waals surface area contributed by atoms with Crippen molar-refractivity contribution in [1.29, 1.82) is 0 Å². The molecule has 0 saturated carbocycles. The van der Waals surface area contributed by atoms with Crippen LogP contribution in [-0.4, -0.2) is 51.4 Å². The average molecular weight is 392 g/mol. The molecule has 1 amide bonds. The molecule has 2 rings (SSSR count). The first-order valence-electron chi connectivity index (χ1n) is 9.49. The van der Waals surface area contributed by atoms with E-state index in [1.165, 1.54) is 50.1 Å². The van der Waals surface area contributed by atoms with E-state index in [4.69, 9.17) is 6.42 Å². The number of piperidine rings is 1. The van der Waals surface area contributed by atoms with Crippen LogP contribution in [0, 0.1) is 12.3 Å². The van der Waals surface area contributed by atoms with Crippen LogP contribution in [0.25, 0.3) is 0 Å². The van der Waals surface area contributed by atoms with Crippen molar-refractivity contribution in [3.63, 3.8) is 0 Å². The first-order chi connectivity index (χ1) is 12.9. The second-order valence-electron chi connectivity index (χ2n) is 6.90. The largest absolute Gasteiger partial charge is 0.352 e. The summed E-state index contributed by atoms with van der Waals surface area (Å²) in [6.07, 6.45) is 10.9. The zero-order chi connectivity index (χ0) is 19.7. The van der Waals surface area contributed by atoms with Crippen LogP contribution in [0.4, 0.5) is 0 Å². The minimum Gasteiger partial charge on any atom is -0.352 e. The number of benzene rings is 1. The number of nitrogens with zero attached hydrogens (tertiary/aromatic N) is 1. The smallest absolute Gasteiger partial charge is 0.251 e. The van der Waals surface area contributed by atoms with E-state index in [0.717, 1.165) is 19.4 Å². The summed E-state index contributed by atoms with van der Waals surface area (Å²) >= 11 is 0. The maximum Gasteiger partial charge on any atom is 0.251 e. The second-order valence-corrected chi connectivity index (χ2v) is 8.66. The summed E-state index contributed by atoms with van der Waals surface area (Å²) < 4.78 is 26.2. The van der Waals surface area contributed by atoms with Gasteiger partial charge in [-0.2, -0.15) is 4.72 Å². The lowest BCUT2D eigenvalue weighted by Crippen LogP contribution is -2.38. The fourth-order valence-electron chi connectivity index (χ4n) is 3.24. The molecule has 1 aliphatic rings. The van der Waals surface area contributed by atoms with Gasteiger partial charge in [0.25, 0.3) is 5.91 Å². The van der Waals surface area contributed by atoms with Crippen LogP contribution in [0.2, 0.25) is 0 Å². The maximum atomic E-state index is 12.2. The molecule has 0 bridgehead atoms. The SMILES string of the molecule is C#CCNS(=O)(=O)c1ccc(C(=O)NCCCCN2CCCCC2C)cc1. The van der Waals surface area contributed by atoms with Crippen molar-refractivity contribution in [2.45, 2.75) is 50.0 Å². The molecule has 1 aliphatic heterocycles. The summed E-state index contributed by atoms with van der Waals surface area (Å²) in [4.78, 5) is 14.8. The molecule has 1 saturated heterocycles. The van der Waals surface area contributed by atoms with Gasteiger partial charge in [0, 0.05) is 18.2 Å². The van der Waals surface area contributed by atoms with Crippen LogP contribution in [0.3, 0.4) is 0 Å². The number of nitrogens with one attached hydrogen (secondary N) is 2. The van der Waals surface area contributed by atoms with Crippen molar-refractivity contribution in [1.82, 2.24) is 14.9 Å². The fourth-order valence-corrected chi connectivity index (χ4v) is 4.17. The lowest BCUT2D eigenvalue weighted by molar-refractivity contribution is 0.0951. The van der Waals surface area contributed by atoms with Crippen molar-refractivity contribution >= 4 is 15.9 Å². The normalized spacial score (nSPS) is 18.0. The molecule has 0 aromatic heterocycles.